The Morgan fingerprint density at radius 1 is 1.19 bits per heavy atom. The number of hydrogen-bond donors (Lipinski definition) is 1. The van der Waals surface area contributed by atoms with E-state index >= 15 is 0 Å². The summed E-state index contributed by atoms with van der Waals surface area (Å²) >= 11 is 0. The van der Waals surface area contributed by atoms with E-state index in [0.29, 0.717) is 13.0 Å². The maximum absolute atomic E-state index is 14.1. The molecular weight excluding hydrogens is 350 g/mol. The molecule has 27 heavy (non-hydrogen) atoms. The number of nitrogens with zero attached hydrogens (tertiary/aromatic N) is 3. The zero-order chi connectivity index (χ0) is 18.5. The van der Waals surface area contributed by atoms with Crippen LogP contribution in [-0.2, 0) is 30.8 Å². The topological polar surface area (TPSA) is 56.3 Å². The lowest BCUT2D eigenvalue weighted by Crippen LogP contribution is -2.48. The monoisotopic (exact) mass is 374 g/mol. The molecule has 2 aromatic rings. The molecule has 4 heterocycles. The molecule has 7 heteroatoms. The number of hydrogen-bond acceptors (Lipinski definition) is 4. The van der Waals surface area contributed by atoms with Gasteiger partial charge in [0.2, 0.25) is 0 Å². The van der Waals surface area contributed by atoms with Crippen molar-refractivity contribution < 1.29 is 13.5 Å². The van der Waals surface area contributed by atoms with Crippen LogP contribution < -0.4 is 5.73 Å². The van der Waals surface area contributed by atoms with Gasteiger partial charge < -0.3 is 15.0 Å². The van der Waals surface area contributed by atoms with Crippen LogP contribution >= 0.6 is 0 Å². The van der Waals surface area contributed by atoms with Crippen LogP contribution in [0.15, 0.2) is 18.2 Å². The van der Waals surface area contributed by atoms with Gasteiger partial charge in [-0.05, 0) is 37.5 Å². The zero-order valence-corrected chi connectivity index (χ0v) is 15.2. The Labute approximate surface area is 157 Å². The molecule has 5 nitrogen and oxygen atoms in total. The highest BCUT2D eigenvalue weighted by Crippen LogP contribution is 2.35. The standard InChI is InChI=1S/C20H24F2N4O/c21-12-4-5-15(22)14(7-12)20-16(23)8-13(11-27-20)25-9-17-18(10-25)26-6-2-1-3-19(26)24-17/h4-5,7,13,16,20H,1-3,6,8-11,23H2/t13-,16+,20-/m1/s1. The van der Waals surface area contributed by atoms with Gasteiger partial charge in [0.15, 0.2) is 0 Å². The van der Waals surface area contributed by atoms with Crippen LogP contribution in [0.4, 0.5) is 8.78 Å². The highest BCUT2D eigenvalue weighted by Gasteiger charge is 2.38. The molecule has 3 aliphatic heterocycles. The van der Waals surface area contributed by atoms with Crippen molar-refractivity contribution in [1.82, 2.24) is 14.5 Å². The third kappa shape index (κ3) is 2.98. The largest absolute Gasteiger partial charge is 0.370 e. The first-order valence-corrected chi connectivity index (χ1v) is 9.73. The Hall–Kier alpha value is -1.83. The second kappa shape index (κ2) is 6.65. The van der Waals surface area contributed by atoms with E-state index in [-0.39, 0.29) is 17.6 Å². The number of ether oxygens (including phenoxy) is 1. The Morgan fingerprint density at radius 2 is 2.07 bits per heavy atom. The lowest BCUT2D eigenvalue weighted by molar-refractivity contribution is -0.0535. The van der Waals surface area contributed by atoms with Gasteiger partial charge in [-0.25, -0.2) is 13.8 Å². The van der Waals surface area contributed by atoms with Crippen LogP contribution in [0.1, 0.15) is 48.1 Å². The maximum atomic E-state index is 14.1. The van der Waals surface area contributed by atoms with Crippen molar-refractivity contribution in [1.29, 1.82) is 0 Å². The van der Waals surface area contributed by atoms with Gasteiger partial charge in [-0.3, -0.25) is 4.90 Å². The number of aromatic nitrogens is 2. The van der Waals surface area contributed by atoms with Crippen molar-refractivity contribution in [3.63, 3.8) is 0 Å². The van der Waals surface area contributed by atoms with Gasteiger partial charge in [0.25, 0.3) is 0 Å². The summed E-state index contributed by atoms with van der Waals surface area (Å²) in [5.74, 6) is 0.285. The molecule has 0 saturated carbocycles. The molecular formula is C20H24F2N4O. The van der Waals surface area contributed by atoms with Crippen molar-refractivity contribution in [2.45, 2.75) is 63.5 Å². The molecule has 144 valence electrons. The number of aryl methyl sites for hydroxylation is 1. The first-order chi connectivity index (χ1) is 13.1. The highest BCUT2D eigenvalue weighted by molar-refractivity contribution is 5.25. The second-order valence-electron chi connectivity index (χ2n) is 7.91. The third-order valence-corrected chi connectivity index (χ3v) is 6.15. The molecule has 0 spiro atoms. The minimum Gasteiger partial charge on any atom is -0.370 e. The van der Waals surface area contributed by atoms with Crippen LogP contribution in [0.2, 0.25) is 0 Å². The SMILES string of the molecule is N[C@H]1C[C@@H](N2Cc3nc4n(c3C2)CCCC4)CO[C@@H]1c1cc(F)ccc1F. The molecule has 0 amide bonds. The summed E-state index contributed by atoms with van der Waals surface area (Å²) in [5, 5.41) is 0. The van der Waals surface area contributed by atoms with E-state index in [0.717, 1.165) is 38.2 Å². The van der Waals surface area contributed by atoms with E-state index in [1.807, 2.05) is 0 Å². The lowest BCUT2D eigenvalue weighted by atomic mass is 9.93. The molecule has 0 bridgehead atoms. The molecule has 1 fully saturated rings. The Balaban J connectivity index is 1.29. The van der Waals surface area contributed by atoms with Gasteiger partial charge >= 0.3 is 0 Å². The highest BCUT2D eigenvalue weighted by atomic mass is 19.1. The fourth-order valence-corrected chi connectivity index (χ4v) is 4.75. The number of halogens is 2. The number of fused-ring (bicyclic) bond motifs is 3. The summed E-state index contributed by atoms with van der Waals surface area (Å²) in [7, 11) is 0. The fraction of sp³-hybridized carbons (Fsp3) is 0.550. The summed E-state index contributed by atoms with van der Waals surface area (Å²) in [4.78, 5) is 7.20. The lowest BCUT2D eigenvalue weighted by Gasteiger charge is -2.38. The second-order valence-corrected chi connectivity index (χ2v) is 7.91. The summed E-state index contributed by atoms with van der Waals surface area (Å²) < 4.78 is 35.9. The zero-order valence-electron chi connectivity index (χ0n) is 15.2. The average molecular weight is 374 g/mol. The number of rotatable bonds is 2. The van der Waals surface area contributed by atoms with Crippen molar-refractivity contribution in [2.75, 3.05) is 6.61 Å². The molecule has 0 unspecified atom stereocenters. The Morgan fingerprint density at radius 3 is 2.93 bits per heavy atom. The van der Waals surface area contributed by atoms with E-state index in [4.69, 9.17) is 15.5 Å². The van der Waals surface area contributed by atoms with Gasteiger partial charge in [0, 0.05) is 43.7 Å². The van der Waals surface area contributed by atoms with Crippen LogP contribution in [0, 0.1) is 11.6 Å². The molecule has 3 atom stereocenters. The van der Waals surface area contributed by atoms with E-state index in [1.54, 1.807) is 0 Å². The predicted octanol–water partition coefficient (Wildman–Crippen LogP) is 2.67. The molecule has 1 saturated heterocycles. The van der Waals surface area contributed by atoms with E-state index in [2.05, 4.69) is 9.47 Å². The summed E-state index contributed by atoms with van der Waals surface area (Å²) in [6.45, 7) is 3.20. The van der Waals surface area contributed by atoms with Gasteiger partial charge in [-0.1, -0.05) is 0 Å². The van der Waals surface area contributed by atoms with Crippen molar-refractivity contribution >= 4 is 0 Å². The molecule has 2 N–H and O–H groups in total. The fourth-order valence-electron chi connectivity index (χ4n) is 4.75. The van der Waals surface area contributed by atoms with Gasteiger partial charge in [-0.15, -0.1) is 0 Å². The van der Waals surface area contributed by atoms with Crippen molar-refractivity contribution in [3.8, 4) is 0 Å². The van der Waals surface area contributed by atoms with Gasteiger partial charge in [0.05, 0.1) is 18.0 Å². The third-order valence-electron chi connectivity index (χ3n) is 6.15. The number of imidazole rings is 1. The molecule has 0 radical (unpaired) electrons. The van der Waals surface area contributed by atoms with E-state index in [9.17, 15) is 8.78 Å². The first kappa shape index (κ1) is 17.3. The van der Waals surface area contributed by atoms with Crippen LogP contribution in [-0.4, -0.2) is 33.1 Å². The Kier molecular flexibility index (Phi) is 4.26. The molecule has 1 aromatic carbocycles. The van der Waals surface area contributed by atoms with Gasteiger partial charge in [0.1, 0.15) is 23.6 Å². The minimum atomic E-state index is -0.605. The molecule has 5 rings (SSSR count). The van der Waals surface area contributed by atoms with Crippen LogP contribution in [0.25, 0.3) is 0 Å². The van der Waals surface area contributed by atoms with E-state index in [1.165, 1.54) is 36.1 Å². The molecule has 0 aliphatic carbocycles. The summed E-state index contributed by atoms with van der Waals surface area (Å²) in [5.41, 5.74) is 9.04. The predicted molar refractivity (Wildman–Crippen MR) is 95.8 cm³/mol. The molecule has 3 aliphatic rings. The van der Waals surface area contributed by atoms with E-state index < -0.39 is 17.7 Å². The molecule has 1 aromatic heterocycles. The first-order valence-electron chi connectivity index (χ1n) is 9.73. The number of benzene rings is 1. The minimum absolute atomic E-state index is 0.168. The quantitative estimate of drug-likeness (QED) is 0.878. The van der Waals surface area contributed by atoms with Crippen molar-refractivity contribution in [2.24, 2.45) is 5.73 Å². The Bertz CT molecular complexity index is 868. The number of nitrogens with two attached hydrogens (primary N) is 1. The smallest absolute Gasteiger partial charge is 0.129 e. The summed E-state index contributed by atoms with van der Waals surface area (Å²) in [6, 6.07) is 3.24. The van der Waals surface area contributed by atoms with Gasteiger partial charge in [-0.2, -0.15) is 0 Å². The van der Waals surface area contributed by atoms with Crippen LogP contribution in [0.5, 0.6) is 0 Å². The van der Waals surface area contributed by atoms with Crippen molar-refractivity contribution in [3.05, 3.63) is 52.6 Å². The normalized spacial score (nSPS) is 28.2. The average Bonchev–Trinajstić information content (AvgIpc) is 3.22. The van der Waals surface area contributed by atoms with Crippen LogP contribution in [0.3, 0.4) is 0 Å². The summed E-state index contributed by atoms with van der Waals surface area (Å²) in [6.07, 6.45) is 3.60. The maximum Gasteiger partial charge on any atom is 0.129 e.